The third-order valence-electron chi connectivity index (χ3n) is 4.14. The number of methoxy groups -OCH3 is 2. The number of esters is 1. The van der Waals surface area contributed by atoms with E-state index in [1.54, 1.807) is 0 Å². The van der Waals surface area contributed by atoms with Crippen LogP contribution >= 0.6 is 0 Å². The molecule has 4 atom stereocenters. The summed E-state index contributed by atoms with van der Waals surface area (Å²) in [6, 6.07) is -10.5. The standard InChI is InChI=1S/C24H38N2O4/c1-14(2)9-17-13-26-8-7-16-10-21(28-5)22(29-6)11-18(16)19(26)12-20(17)30-24(27)23(25)15(3)4/h10-11,14-15,17,19-20,23H,7-9,12-13,25H2,1-6H3/t17?,19?,20?,23-/m0/s1/i3D3,4D3,7D2,8D2,10D,11D,12D2,13D2,15D,17D,19D,20D,23D. The molecule has 0 spiro atoms. The quantitative estimate of drug-likeness (QED) is 0.655. The smallest absolute Gasteiger partial charge is 0.323 e. The zero-order valence-corrected chi connectivity index (χ0v) is 16.9. The molecule has 0 radical (unpaired) electrons. The molecule has 3 unspecified atom stereocenters. The number of carbonyl (C=O) groups is 1. The lowest BCUT2D eigenvalue weighted by Crippen LogP contribution is -2.51. The fourth-order valence-electron chi connectivity index (χ4n) is 2.76. The molecule has 1 saturated heterocycles. The van der Waals surface area contributed by atoms with E-state index in [4.69, 9.17) is 39.1 Å². The zero-order chi connectivity index (χ0) is 40.5. The Morgan fingerprint density at radius 3 is 2.73 bits per heavy atom. The molecule has 0 aliphatic carbocycles. The molecule has 168 valence electrons. The molecule has 1 fully saturated rings. The molecule has 0 saturated carbocycles. The summed E-state index contributed by atoms with van der Waals surface area (Å²) in [7, 11) is 1.91. The van der Waals surface area contributed by atoms with E-state index in [1.807, 2.05) is 0 Å². The maximum absolute atomic E-state index is 13.8. The number of nitrogens with zero attached hydrogens (tertiary/aromatic N) is 1. The summed E-state index contributed by atoms with van der Waals surface area (Å²) in [5, 5.41) is 0. The van der Waals surface area contributed by atoms with E-state index in [1.165, 1.54) is 13.8 Å². The summed E-state index contributed by atoms with van der Waals surface area (Å²) in [6.45, 7) is -13.5. The molecule has 1 aromatic rings. The van der Waals surface area contributed by atoms with E-state index in [-0.39, 0.29) is 4.90 Å². The average molecular weight is 440 g/mol. The maximum Gasteiger partial charge on any atom is 0.323 e. The highest BCUT2D eigenvalue weighted by molar-refractivity contribution is 5.76. The highest BCUT2D eigenvalue weighted by Crippen LogP contribution is 2.44. The van der Waals surface area contributed by atoms with Crippen molar-refractivity contribution in [3.8, 4) is 11.5 Å². The molecule has 6 heteroatoms. The summed E-state index contributed by atoms with van der Waals surface area (Å²) < 4.78 is 197. The Labute approximate surface area is 210 Å². The number of hydrogen-bond donors (Lipinski definition) is 1. The fourth-order valence-corrected chi connectivity index (χ4v) is 2.76. The summed E-state index contributed by atoms with van der Waals surface area (Å²) in [6.07, 6.45) is -13.3. The Bertz CT molecular complexity index is 1580. The normalized spacial score (nSPS) is 51.5. The van der Waals surface area contributed by atoms with Gasteiger partial charge in [-0.05, 0) is 47.8 Å². The summed E-state index contributed by atoms with van der Waals surface area (Å²) in [5.74, 6) is -13.0. The molecule has 2 N–H and O–H groups in total. The van der Waals surface area contributed by atoms with Gasteiger partial charge < -0.3 is 19.9 Å². The number of carbonyl (C=O) groups excluding carboxylic acids is 1. The Morgan fingerprint density at radius 2 is 2.10 bits per heavy atom. The second-order valence-electron chi connectivity index (χ2n) is 6.81. The van der Waals surface area contributed by atoms with Gasteiger partial charge in [0.05, 0.1) is 21.1 Å². The van der Waals surface area contributed by atoms with Gasteiger partial charge in [0.1, 0.15) is 12.1 Å². The van der Waals surface area contributed by atoms with Gasteiger partial charge in [0.25, 0.3) is 0 Å². The molecule has 0 aromatic heterocycles. The fraction of sp³-hybridized carbons (Fsp3) is 0.708. The van der Waals surface area contributed by atoms with Crippen LogP contribution in [0.15, 0.2) is 12.1 Å². The van der Waals surface area contributed by atoms with E-state index in [2.05, 4.69) is 0 Å². The number of fused-ring (bicyclic) bond motifs is 3. The van der Waals surface area contributed by atoms with Gasteiger partial charge in [-0.15, -0.1) is 0 Å². The van der Waals surface area contributed by atoms with Crippen molar-refractivity contribution in [3.63, 3.8) is 0 Å². The largest absolute Gasteiger partial charge is 0.493 e. The minimum atomic E-state index is -4.31. The maximum atomic E-state index is 13.8. The summed E-state index contributed by atoms with van der Waals surface area (Å²) >= 11 is 0. The molecule has 2 heterocycles. The average Bonchev–Trinajstić information content (AvgIpc) is 2.93. The predicted molar refractivity (Wildman–Crippen MR) is 118 cm³/mol. The molecular weight excluding hydrogens is 380 g/mol. The van der Waals surface area contributed by atoms with Crippen LogP contribution in [0, 0.1) is 17.7 Å². The van der Waals surface area contributed by atoms with E-state index < -0.39 is 122 Å². The van der Waals surface area contributed by atoms with Crippen LogP contribution in [0.3, 0.4) is 0 Å². The van der Waals surface area contributed by atoms with Crippen LogP contribution in [0.4, 0.5) is 0 Å². The van der Waals surface area contributed by atoms with Crippen LogP contribution in [-0.2, 0) is 15.9 Å². The lowest BCUT2D eigenvalue weighted by Gasteiger charge is -2.47. The zero-order valence-electron chi connectivity index (χ0n) is 37.9. The van der Waals surface area contributed by atoms with Crippen molar-refractivity contribution in [2.75, 3.05) is 27.2 Å². The van der Waals surface area contributed by atoms with Crippen molar-refractivity contribution in [1.82, 2.24) is 4.90 Å². The van der Waals surface area contributed by atoms with Gasteiger partial charge in [0, 0.05) is 53.2 Å². The van der Waals surface area contributed by atoms with Crippen molar-refractivity contribution in [2.45, 2.75) is 64.8 Å². The van der Waals surface area contributed by atoms with Gasteiger partial charge in [0.15, 0.2) is 11.5 Å². The first kappa shape index (κ1) is 7.96. The predicted octanol–water partition coefficient (Wildman–Crippen LogP) is 3.56. The first-order chi connectivity index (χ1) is 22.4. The minimum absolute atomic E-state index is 0.370. The third-order valence-corrected chi connectivity index (χ3v) is 4.14. The van der Waals surface area contributed by atoms with Gasteiger partial charge in [-0.2, -0.15) is 0 Å². The molecule has 0 amide bonds. The van der Waals surface area contributed by atoms with Gasteiger partial charge in [-0.3, -0.25) is 9.69 Å². The third kappa shape index (κ3) is 4.75. The first-order valence-electron chi connectivity index (χ1n) is 19.5. The summed E-state index contributed by atoms with van der Waals surface area (Å²) in [4.78, 5) is 13.5. The second-order valence-corrected chi connectivity index (χ2v) is 6.81. The highest BCUT2D eigenvalue weighted by atomic mass is 16.5. The van der Waals surface area contributed by atoms with Gasteiger partial charge in [-0.25, -0.2) is 0 Å². The van der Waals surface area contributed by atoms with Crippen molar-refractivity contribution >= 4 is 5.97 Å². The first-order valence-corrected chi connectivity index (χ1v) is 8.96. The van der Waals surface area contributed by atoms with Crippen molar-refractivity contribution < 1.29 is 47.8 Å². The van der Waals surface area contributed by atoms with E-state index in [0.717, 1.165) is 14.2 Å². The Morgan fingerprint density at radius 1 is 1.40 bits per heavy atom. The Hall–Kier alpha value is -1.79. The van der Waals surface area contributed by atoms with E-state index in [9.17, 15) is 14.4 Å². The van der Waals surface area contributed by atoms with Crippen LogP contribution < -0.4 is 15.2 Å². The number of piperidine rings is 1. The van der Waals surface area contributed by atoms with E-state index in [0.29, 0.717) is 0 Å². The van der Waals surface area contributed by atoms with Crippen LogP contribution in [0.5, 0.6) is 11.5 Å². The van der Waals surface area contributed by atoms with Crippen LogP contribution in [0.2, 0.25) is 0 Å². The van der Waals surface area contributed by atoms with Crippen molar-refractivity contribution in [3.05, 3.63) is 23.2 Å². The van der Waals surface area contributed by atoms with Crippen LogP contribution in [-0.4, -0.2) is 50.2 Å². The van der Waals surface area contributed by atoms with E-state index >= 15 is 0 Å². The van der Waals surface area contributed by atoms with Crippen LogP contribution in [0.25, 0.3) is 0 Å². The van der Waals surface area contributed by atoms with Gasteiger partial charge >= 0.3 is 5.97 Å². The summed E-state index contributed by atoms with van der Waals surface area (Å²) in [5.41, 5.74) is 3.09. The molecule has 0 bridgehead atoms. The van der Waals surface area contributed by atoms with Gasteiger partial charge in [-0.1, -0.05) is 27.6 Å². The van der Waals surface area contributed by atoms with Crippen molar-refractivity contribution in [1.29, 1.82) is 0 Å². The number of nitrogens with two attached hydrogens (primary N) is 1. The molecule has 1 aromatic carbocycles. The molecule has 2 aliphatic rings. The Kier molecular flexibility index (Phi) is 2.54. The number of ether oxygens (including phenoxy) is 3. The highest BCUT2D eigenvalue weighted by Gasteiger charge is 2.41. The SMILES string of the molecule is [2H]c1c(OC)c(OC)c([2H])c2c1C([2H])([2H])C([2H])([2H])N1C([2H])([2H])C([2H])(CC(C)C)C([2H])(OC(=O)[C@@]([2H])(N)C([2H])(C([2H])([2H])[2H])C([2H])([2H])[2H])C([2H])([2H])C21[2H]. The number of hydrogen-bond acceptors (Lipinski definition) is 6. The lowest BCUT2D eigenvalue weighted by atomic mass is 9.79. The number of rotatable bonds is 7. The van der Waals surface area contributed by atoms with Crippen LogP contribution in [0.1, 0.15) is 86.3 Å². The van der Waals surface area contributed by atoms with Gasteiger partial charge in [0.2, 0.25) is 0 Å². The molecule has 30 heavy (non-hydrogen) atoms. The topological polar surface area (TPSA) is 74.0 Å². The molecular formula is C24H38N2O4. The lowest BCUT2D eigenvalue weighted by molar-refractivity contribution is -0.160. The molecule has 6 nitrogen and oxygen atoms in total. The molecule has 3 rings (SSSR count). The van der Waals surface area contributed by atoms with Crippen molar-refractivity contribution in [2.24, 2.45) is 23.4 Å². The number of benzene rings is 1. The Balaban J connectivity index is 2.65. The second kappa shape index (κ2) is 9.56. The molecule has 2 aliphatic heterocycles. The minimum Gasteiger partial charge on any atom is -0.493 e. The monoisotopic (exact) mass is 439 g/mol.